The first kappa shape index (κ1) is 15.9. The van der Waals surface area contributed by atoms with Crippen molar-refractivity contribution in [2.75, 3.05) is 11.4 Å². The van der Waals surface area contributed by atoms with Crippen molar-refractivity contribution >= 4 is 22.4 Å². The number of carbonyl (C=O) groups is 1. The Kier molecular flexibility index (Phi) is 4.35. The minimum absolute atomic E-state index is 0.0833. The summed E-state index contributed by atoms with van der Waals surface area (Å²) in [6.45, 7) is 6.02. The second-order valence-corrected chi connectivity index (χ2v) is 7.60. The summed E-state index contributed by atoms with van der Waals surface area (Å²) in [5.74, 6) is 0.880. The Labute approximate surface area is 138 Å². The van der Waals surface area contributed by atoms with E-state index in [9.17, 15) is 9.00 Å². The van der Waals surface area contributed by atoms with Gasteiger partial charge in [0, 0.05) is 28.6 Å². The lowest BCUT2D eigenvalue weighted by molar-refractivity contribution is -0.117. The summed E-state index contributed by atoms with van der Waals surface area (Å²) < 4.78 is 17.7. The third-order valence-corrected chi connectivity index (χ3v) is 5.93. The van der Waals surface area contributed by atoms with E-state index in [0.29, 0.717) is 18.1 Å². The number of nitrogens with zero attached hydrogens (tertiary/aromatic N) is 2. The summed E-state index contributed by atoms with van der Waals surface area (Å²) in [4.78, 5) is 14.5. The molecule has 0 saturated heterocycles. The molecular formula is C17H20N2O3S. The Morgan fingerprint density at radius 1 is 1.39 bits per heavy atom. The molecule has 0 N–H and O–H groups in total. The van der Waals surface area contributed by atoms with Crippen molar-refractivity contribution in [3.63, 3.8) is 0 Å². The van der Waals surface area contributed by atoms with E-state index in [-0.39, 0.29) is 5.91 Å². The molecule has 0 aliphatic carbocycles. The van der Waals surface area contributed by atoms with Crippen LogP contribution in [0.3, 0.4) is 0 Å². The van der Waals surface area contributed by atoms with Gasteiger partial charge in [-0.05, 0) is 38.8 Å². The number of aryl methyl sites for hydroxylation is 2. The van der Waals surface area contributed by atoms with E-state index in [1.165, 1.54) is 5.56 Å². The number of benzene rings is 1. The molecule has 5 nitrogen and oxygen atoms in total. The van der Waals surface area contributed by atoms with Crippen molar-refractivity contribution in [2.45, 2.75) is 38.2 Å². The maximum Gasteiger partial charge on any atom is 0.242 e. The molecule has 1 amide bonds. The average Bonchev–Trinajstić information content (AvgIpc) is 3.11. The van der Waals surface area contributed by atoms with Crippen LogP contribution < -0.4 is 4.90 Å². The van der Waals surface area contributed by atoms with Gasteiger partial charge in [0.25, 0.3) is 0 Å². The van der Waals surface area contributed by atoms with Crippen molar-refractivity contribution in [3.05, 3.63) is 46.8 Å². The molecule has 0 saturated carbocycles. The standard InChI is InChI=1S/C17H20N2O3S/c1-11-15(12(2)22-18-11)10-23(21)13(3)17(20)19-9-8-14-6-4-5-7-16(14)19/h4-7,13H,8-10H2,1-3H3/t13-,23+/m0/s1. The van der Waals surface area contributed by atoms with E-state index in [1.807, 2.05) is 31.2 Å². The van der Waals surface area contributed by atoms with Gasteiger partial charge >= 0.3 is 0 Å². The van der Waals surface area contributed by atoms with Gasteiger partial charge < -0.3 is 9.42 Å². The minimum atomic E-state index is -1.31. The van der Waals surface area contributed by atoms with Gasteiger partial charge in [-0.1, -0.05) is 23.4 Å². The molecule has 0 radical (unpaired) electrons. The van der Waals surface area contributed by atoms with Crippen LogP contribution in [-0.2, 0) is 27.8 Å². The molecule has 1 aromatic carbocycles. The molecule has 2 atom stereocenters. The van der Waals surface area contributed by atoms with Gasteiger partial charge in [-0.3, -0.25) is 9.00 Å². The molecule has 0 spiro atoms. The maximum atomic E-state index is 12.7. The molecule has 2 heterocycles. The highest BCUT2D eigenvalue weighted by Gasteiger charge is 2.31. The largest absolute Gasteiger partial charge is 0.361 e. The molecule has 0 fully saturated rings. The number of rotatable bonds is 4. The van der Waals surface area contributed by atoms with E-state index in [2.05, 4.69) is 5.16 Å². The normalized spacial score (nSPS) is 16.2. The van der Waals surface area contributed by atoms with Crippen LogP contribution in [-0.4, -0.2) is 27.1 Å². The fraction of sp³-hybridized carbons (Fsp3) is 0.412. The van der Waals surface area contributed by atoms with Gasteiger partial charge in [-0.15, -0.1) is 0 Å². The zero-order valence-corrected chi connectivity index (χ0v) is 14.4. The van der Waals surface area contributed by atoms with Gasteiger partial charge in [0.1, 0.15) is 11.0 Å². The molecular weight excluding hydrogens is 312 g/mol. The van der Waals surface area contributed by atoms with Crippen LogP contribution in [0.4, 0.5) is 5.69 Å². The first-order chi connectivity index (χ1) is 11.0. The molecule has 23 heavy (non-hydrogen) atoms. The Bertz CT molecular complexity index is 749. The third kappa shape index (κ3) is 2.95. The molecule has 122 valence electrons. The zero-order chi connectivity index (χ0) is 16.6. The summed E-state index contributed by atoms with van der Waals surface area (Å²) in [5.41, 5.74) is 3.69. The summed E-state index contributed by atoms with van der Waals surface area (Å²) in [7, 11) is -1.31. The second-order valence-electron chi connectivity index (χ2n) is 5.84. The van der Waals surface area contributed by atoms with Gasteiger partial charge in [0.2, 0.25) is 5.91 Å². The smallest absolute Gasteiger partial charge is 0.242 e. The number of fused-ring (bicyclic) bond motifs is 1. The molecule has 0 bridgehead atoms. The second kappa shape index (κ2) is 6.28. The SMILES string of the molecule is Cc1noc(C)c1C[S@@](=O)[C@@H](C)C(=O)N1CCc2ccccc21. The highest BCUT2D eigenvalue weighted by atomic mass is 32.2. The number of hydrogen-bond donors (Lipinski definition) is 0. The first-order valence-electron chi connectivity index (χ1n) is 7.67. The third-order valence-electron chi connectivity index (χ3n) is 4.36. The first-order valence-corrected chi connectivity index (χ1v) is 9.05. The number of carbonyl (C=O) groups excluding carboxylic acids is 1. The van der Waals surface area contributed by atoms with Crippen LogP contribution in [0.2, 0.25) is 0 Å². The van der Waals surface area contributed by atoms with E-state index in [0.717, 1.165) is 23.4 Å². The van der Waals surface area contributed by atoms with Crippen molar-refractivity contribution in [3.8, 4) is 0 Å². The van der Waals surface area contributed by atoms with Crippen LogP contribution in [0.15, 0.2) is 28.8 Å². The van der Waals surface area contributed by atoms with Crippen molar-refractivity contribution in [1.82, 2.24) is 5.16 Å². The highest BCUT2D eigenvalue weighted by Crippen LogP contribution is 2.28. The fourth-order valence-corrected chi connectivity index (χ4v) is 4.17. The number of hydrogen-bond acceptors (Lipinski definition) is 4. The molecule has 1 aromatic heterocycles. The van der Waals surface area contributed by atoms with E-state index < -0.39 is 16.0 Å². The Morgan fingerprint density at radius 2 is 2.13 bits per heavy atom. The highest BCUT2D eigenvalue weighted by molar-refractivity contribution is 7.85. The van der Waals surface area contributed by atoms with Gasteiger partial charge in [-0.25, -0.2) is 0 Å². The predicted molar refractivity (Wildman–Crippen MR) is 89.8 cm³/mol. The lowest BCUT2D eigenvalue weighted by atomic mass is 10.2. The Morgan fingerprint density at radius 3 is 2.83 bits per heavy atom. The number of anilines is 1. The molecule has 1 aliphatic rings. The molecule has 1 aliphatic heterocycles. The summed E-state index contributed by atoms with van der Waals surface area (Å²) in [6.07, 6.45) is 0.852. The zero-order valence-electron chi connectivity index (χ0n) is 13.5. The van der Waals surface area contributed by atoms with Gasteiger partial charge in [-0.2, -0.15) is 0 Å². The molecule has 6 heteroatoms. The minimum Gasteiger partial charge on any atom is -0.361 e. The van der Waals surface area contributed by atoms with Crippen molar-refractivity contribution in [1.29, 1.82) is 0 Å². The summed E-state index contributed by atoms with van der Waals surface area (Å²) >= 11 is 0. The molecule has 0 unspecified atom stereocenters. The van der Waals surface area contributed by atoms with Crippen LogP contribution in [0, 0.1) is 13.8 Å². The molecule has 2 aromatic rings. The van der Waals surface area contributed by atoms with Crippen LogP contribution in [0.1, 0.15) is 29.5 Å². The number of para-hydroxylation sites is 1. The van der Waals surface area contributed by atoms with Crippen molar-refractivity contribution in [2.24, 2.45) is 0 Å². The topological polar surface area (TPSA) is 63.4 Å². The van der Waals surface area contributed by atoms with Gasteiger partial charge in [0.05, 0.1) is 11.4 Å². The predicted octanol–water partition coefficient (Wildman–Crippen LogP) is 2.52. The van der Waals surface area contributed by atoms with Crippen LogP contribution in [0.5, 0.6) is 0 Å². The average molecular weight is 332 g/mol. The van der Waals surface area contributed by atoms with E-state index in [1.54, 1.807) is 18.7 Å². The lowest BCUT2D eigenvalue weighted by Crippen LogP contribution is -2.39. The van der Waals surface area contributed by atoms with Crippen molar-refractivity contribution < 1.29 is 13.5 Å². The monoisotopic (exact) mass is 332 g/mol. The van der Waals surface area contributed by atoms with E-state index in [4.69, 9.17) is 4.52 Å². The lowest BCUT2D eigenvalue weighted by Gasteiger charge is -2.21. The summed E-state index contributed by atoms with van der Waals surface area (Å²) in [6, 6.07) is 7.89. The quantitative estimate of drug-likeness (QED) is 0.863. The van der Waals surface area contributed by atoms with Crippen LogP contribution >= 0.6 is 0 Å². The van der Waals surface area contributed by atoms with Crippen LogP contribution in [0.25, 0.3) is 0 Å². The Balaban J connectivity index is 1.74. The fourth-order valence-electron chi connectivity index (χ4n) is 2.87. The number of amides is 1. The Hall–Kier alpha value is -1.95. The maximum absolute atomic E-state index is 12.7. The van der Waals surface area contributed by atoms with E-state index >= 15 is 0 Å². The van der Waals surface area contributed by atoms with Gasteiger partial charge in [0.15, 0.2) is 0 Å². The molecule has 3 rings (SSSR count). The number of aromatic nitrogens is 1. The summed E-state index contributed by atoms with van der Waals surface area (Å²) in [5, 5.41) is 3.32.